The van der Waals surface area contributed by atoms with E-state index in [9.17, 15) is 8.42 Å². The zero-order valence-corrected chi connectivity index (χ0v) is 14.2. The number of fused-ring (bicyclic) bond motifs is 1. The lowest BCUT2D eigenvalue weighted by Crippen LogP contribution is -2.22. The molecule has 0 amide bonds. The van der Waals surface area contributed by atoms with Crippen LogP contribution in [0.15, 0.2) is 64.1 Å². The van der Waals surface area contributed by atoms with Crippen molar-refractivity contribution in [2.24, 2.45) is 5.10 Å². The first-order chi connectivity index (χ1) is 11.5. The summed E-state index contributed by atoms with van der Waals surface area (Å²) in [6.07, 6.45) is 3.21. The van der Waals surface area contributed by atoms with E-state index in [-0.39, 0.29) is 11.0 Å². The third kappa shape index (κ3) is 3.49. The fraction of sp³-hybridized carbons (Fsp3) is 0.167. The van der Waals surface area contributed by atoms with Gasteiger partial charge in [0.2, 0.25) is 0 Å². The Bertz CT molecular complexity index is 900. The molecule has 0 unspecified atom stereocenters. The normalized spacial score (nSPS) is 17.1. The molecule has 1 aliphatic rings. The molecule has 1 aliphatic heterocycles. The maximum absolute atomic E-state index is 12.2. The molecule has 24 heavy (non-hydrogen) atoms. The van der Waals surface area contributed by atoms with Crippen LogP contribution in [0.3, 0.4) is 0 Å². The summed E-state index contributed by atoms with van der Waals surface area (Å²) in [4.78, 5) is 2.41. The lowest BCUT2D eigenvalue weighted by Gasteiger charge is -2.22. The van der Waals surface area contributed by atoms with Gasteiger partial charge in [0.25, 0.3) is 10.0 Å². The van der Waals surface area contributed by atoms with Crippen LogP contribution >= 0.6 is 0 Å². The number of hydrogen-bond acceptors (Lipinski definition) is 4. The third-order valence-electron chi connectivity index (χ3n) is 3.73. The lowest BCUT2D eigenvalue weighted by molar-refractivity contribution is 0.260. The average molecular weight is 342 g/mol. The molecule has 0 aliphatic carbocycles. The van der Waals surface area contributed by atoms with Gasteiger partial charge in [-0.15, -0.1) is 0 Å². The van der Waals surface area contributed by atoms with Gasteiger partial charge >= 0.3 is 0 Å². The van der Waals surface area contributed by atoms with Gasteiger partial charge in [0.1, 0.15) is 11.9 Å². The van der Waals surface area contributed by atoms with Crippen LogP contribution in [0, 0.1) is 6.92 Å². The summed E-state index contributed by atoms with van der Waals surface area (Å²) >= 11 is 0. The van der Waals surface area contributed by atoms with Crippen molar-refractivity contribution in [2.45, 2.75) is 24.8 Å². The number of para-hydroxylation sites is 1. The number of hydrazone groups is 1. The van der Waals surface area contributed by atoms with Gasteiger partial charge in [-0.3, -0.25) is 0 Å². The van der Waals surface area contributed by atoms with E-state index < -0.39 is 10.0 Å². The minimum absolute atomic E-state index is 0.178. The van der Waals surface area contributed by atoms with Crippen molar-refractivity contribution in [1.82, 2.24) is 4.83 Å². The van der Waals surface area contributed by atoms with E-state index in [1.54, 1.807) is 24.3 Å². The molecular weight excluding hydrogens is 324 g/mol. The van der Waals surface area contributed by atoms with Gasteiger partial charge in [-0.1, -0.05) is 35.9 Å². The van der Waals surface area contributed by atoms with E-state index in [1.165, 1.54) is 6.21 Å². The SMILES string of the molecule is Cc1ccc(S(=O)(=O)N/N=C\C2=Cc3ccccc3O[C@@H]2C)cc1. The number of rotatable bonds is 4. The predicted octanol–water partition coefficient (Wildman–Crippen LogP) is 3.12. The van der Waals surface area contributed by atoms with Gasteiger partial charge < -0.3 is 4.74 Å². The Morgan fingerprint density at radius 2 is 1.83 bits per heavy atom. The Morgan fingerprint density at radius 3 is 2.58 bits per heavy atom. The minimum atomic E-state index is -3.67. The first kappa shape index (κ1) is 16.3. The molecule has 3 rings (SSSR count). The Balaban J connectivity index is 1.77. The van der Waals surface area contributed by atoms with Gasteiger partial charge in [-0.05, 0) is 38.1 Å². The van der Waals surface area contributed by atoms with E-state index >= 15 is 0 Å². The highest BCUT2D eigenvalue weighted by atomic mass is 32.2. The standard InChI is InChI=1S/C18H18N2O3S/c1-13-7-9-17(10-8-13)24(21,22)20-19-12-16-11-15-5-3-4-6-18(15)23-14(16)2/h3-12,14,20H,1-2H3/b19-12-/t14-/m1/s1. The summed E-state index contributed by atoms with van der Waals surface area (Å²) in [6, 6.07) is 14.3. The third-order valence-corrected chi connectivity index (χ3v) is 4.97. The van der Waals surface area contributed by atoms with Crippen LogP contribution < -0.4 is 9.57 Å². The summed E-state index contributed by atoms with van der Waals surface area (Å²) in [5.41, 5.74) is 2.73. The molecule has 5 nitrogen and oxygen atoms in total. The molecule has 2 aromatic rings. The van der Waals surface area contributed by atoms with Crippen molar-refractivity contribution in [1.29, 1.82) is 0 Å². The van der Waals surface area contributed by atoms with Crippen molar-refractivity contribution >= 4 is 22.3 Å². The molecule has 2 aromatic carbocycles. The van der Waals surface area contributed by atoms with Crippen LogP contribution in [0.5, 0.6) is 5.75 Å². The van der Waals surface area contributed by atoms with Crippen molar-refractivity contribution in [3.63, 3.8) is 0 Å². The molecular formula is C18H18N2O3S. The van der Waals surface area contributed by atoms with E-state index in [1.807, 2.05) is 44.2 Å². The number of nitrogens with zero attached hydrogens (tertiary/aromatic N) is 1. The molecule has 1 atom stereocenters. The van der Waals surface area contributed by atoms with Crippen LogP contribution in [0.4, 0.5) is 0 Å². The van der Waals surface area contributed by atoms with Gasteiger partial charge in [0, 0.05) is 11.1 Å². The largest absolute Gasteiger partial charge is 0.485 e. The Labute approximate surface area is 141 Å². The Morgan fingerprint density at radius 1 is 1.12 bits per heavy atom. The number of ether oxygens (including phenoxy) is 1. The van der Waals surface area contributed by atoms with Crippen LogP contribution in [-0.2, 0) is 10.0 Å². The molecule has 0 radical (unpaired) electrons. The number of hydrogen-bond donors (Lipinski definition) is 1. The van der Waals surface area contributed by atoms with Gasteiger partial charge in [-0.25, -0.2) is 4.83 Å². The molecule has 0 saturated carbocycles. The van der Waals surface area contributed by atoms with E-state index in [4.69, 9.17) is 4.74 Å². The summed E-state index contributed by atoms with van der Waals surface area (Å²) in [5.74, 6) is 0.808. The maximum atomic E-state index is 12.2. The van der Waals surface area contributed by atoms with Crippen LogP contribution in [-0.4, -0.2) is 20.7 Å². The molecule has 0 saturated heterocycles. The number of benzene rings is 2. The van der Waals surface area contributed by atoms with Crippen LogP contribution in [0.2, 0.25) is 0 Å². The Hall–Kier alpha value is -2.60. The maximum Gasteiger partial charge on any atom is 0.276 e. The topological polar surface area (TPSA) is 67.8 Å². The fourth-order valence-corrected chi connectivity index (χ4v) is 3.14. The number of nitrogens with one attached hydrogen (secondary N) is 1. The van der Waals surface area contributed by atoms with Crippen LogP contribution in [0.25, 0.3) is 6.08 Å². The van der Waals surface area contributed by atoms with Gasteiger partial charge in [-0.2, -0.15) is 13.5 Å². The van der Waals surface area contributed by atoms with E-state index in [2.05, 4.69) is 9.93 Å². The van der Waals surface area contributed by atoms with Gasteiger partial charge in [0.15, 0.2) is 0 Å². The van der Waals surface area contributed by atoms with Crippen LogP contribution in [0.1, 0.15) is 18.1 Å². The van der Waals surface area contributed by atoms with E-state index in [0.29, 0.717) is 0 Å². The smallest absolute Gasteiger partial charge is 0.276 e. The highest BCUT2D eigenvalue weighted by Crippen LogP contribution is 2.28. The molecule has 1 N–H and O–H groups in total. The van der Waals surface area contributed by atoms with Crippen molar-refractivity contribution in [3.05, 3.63) is 65.2 Å². The summed E-state index contributed by atoms with van der Waals surface area (Å²) in [6.45, 7) is 3.79. The zero-order valence-electron chi connectivity index (χ0n) is 13.4. The molecule has 0 bridgehead atoms. The van der Waals surface area contributed by atoms with Crippen molar-refractivity contribution < 1.29 is 13.2 Å². The number of aryl methyl sites for hydroxylation is 1. The Kier molecular flexibility index (Phi) is 4.40. The van der Waals surface area contributed by atoms with Crippen molar-refractivity contribution in [3.8, 4) is 5.75 Å². The first-order valence-corrected chi connectivity index (χ1v) is 9.03. The molecule has 6 heteroatoms. The quantitative estimate of drug-likeness (QED) is 0.686. The zero-order chi connectivity index (χ0) is 17.2. The van der Waals surface area contributed by atoms with E-state index in [0.717, 1.165) is 22.4 Å². The summed E-state index contributed by atoms with van der Waals surface area (Å²) < 4.78 is 30.2. The monoisotopic (exact) mass is 342 g/mol. The highest BCUT2D eigenvalue weighted by molar-refractivity contribution is 7.89. The minimum Gasteiger partial charge on any atom is -0.485 e. The second kappa shape index (κ2) is 6.49. The predicted molar refractivity (Wildman–Crippen MR) is 94.5 cm³/mol. The van der Waals surface area contributed by atoms with Gasteiger partial charge in [0.05, 0.1) is 11.1 Å². The number of sulfonamides is 1. The van der Waals surface area contributed by atoms with Crippen molar-refractivity contribution in [2.75, 3.05) is 0 Å². The molecule has 0 aromatic heterocycles. The fourth-order valence-electron chi connectivity index (χ4n) is 2.35. The second-order valence-corrected chi connectivity index (χ2v) is 7.27. The molecule has 0 fully saturated rings. The second-order valence-electron chi connectivity index (χ2n) is 5.61. The first-order valence-electron chi connectivity index (χ1n) is 7.54. The summed E-state index contributed by atoms with van der Waals surface area (Å²) in [5, 5.41) is 3.88. The molecule has 1 heterocycles. The summed E-state index contributed by atoms with van der Waals surface area (Å²) in [7, 11) is -3.67. The molecule has 124 valence electrons. The average Bonchev–Trinajstić information content (AvgIpc) is 2.55. The lowest BCUT2D eigenvalue weighted by atomic mass is 10.0. The molecule has 0 spiro atoms. The highest BCUT2D eigenvalue weighted by Gasteiger charge is 2.17.